The number of para-hydroxylation sites is 1. The highest BCUT2D eigenvalue weighted by Gasteiger charge is 2.27. The number of nitrogens with zero attached hydrogens (tertiary/aromatic N) is 4. The maximum absolute atomic E-state index is 5.51. The van der Waals surface area contributed by atoms with Crippen LogP contribution >= 0.6 is 34.9 Å². The summed E-state index contributed by atoms with van der Waals surface area (Å²) in [6.45, 7) is 6.19. The standard InChI is InChI=1S/C18H21N5S3/c1-2-10-19-17-21-23(18(24)26-17)12-22-11-6-5-8-14(22)16-20-13-7-3-4-9-15(13)25-16/h2-4,7,9,14H,1,5-6,8,10-12H2,(H,19,21)/t14-/m1/s1. The van der Waals surface area contributed by atoms with Crippen molar-refractivity contribution in [1.82, 2.24) is 19.7 Å². The molecule has 5 nitrogen and oxygen atoms in total. The van der Waals surface area contributed by atoms with Gasteiger partial charge in [0.1, 0.15) is 5.01 Å². The largest absolute Gasteiger partial charge is 0.357 e. The van der Waals surface area contributed by atoms with Gasteiger partial charge < -0.3 is 5.32 Å². The van der Waals surface area contributed by atoms with Gasteiger partial charge >= 0.3 is 0 Å². The van der Waals surface area contributed by atoms with Crippen molar-refractivity contribution < 1.29 is 0 Å². The topological polar surface area (TPSA) is 46.0 Å². The Balaban J connectivity index is 1.57. The second kappa shape index (κ2) is 7.96. The summed E-state index contributed by atoms with van der Waals surface area (Å²) in [6, 6.07) is 8.72. The van der Waals surface area contributed by atoms with Crippen LogP contribution in [0.25, 0.3) is 10.2 Å². The van der Waals surface area contributed by atoms with Crippen LogP contribution in [0.4, 0.5) is 5.13 Å². The lowest BCUT2D eigenvalue weighted by Gasteiger charge is -2.34. The van der Waals surface area contributed by atoms with E-state index < -0.39 is 0 Å². The average molecular weight is 404 g/mol. The fraction of sp³-hybridized carbons (Fsp3) is 0.389. The highest BCUT2D eigenvalue weighted by atomic mass is 32.1. The average Bonchev–Trinajstić information content (AvgIpc) is 3.24. The summed E-state index contributed by atoms with van der Waals surface area (Å²) in [5, 5.41) is 9.91. The van der Waals surface area contributed by atoms with E-state index in [0.29, 0.717) is 19.3 Å². The third-order valence-electron chi connectivity index (χ3n) is 4.53. The van der Waals surface area contributed by atoms with Gasteiger partial charge in [0.05, 0.1) is 22.9 Å². The molecule has 1 aliphatic rings. The number of fused-ring (bicyclic) bond motifs is 1. The van der Waals surface area contributed by atoms with Gasteiger partial charge in [-0.1, -0.05) is 36.0 Å². The van der Waals surface area contributed by atoms with Gasteiger partial charge in [0.2, 0.25) is 5.13 Å². The summed E-state index contributed by atoms with van der Waals surface area (Å²) < 4.78 is 3.98. The van der Waals surface area contributed by atoms with Crippen LogP contribution in [0.1, 0.15) is 30.3 Å². The molecule has 1 fully saturated rings. The van der Waals surface area contributed by atoms with E-state index in [1.54, 1.807) is 0 Å². The molecule has 3 aromatic rings. The predicted molar refractivity (Wildman–Crippen MR) is 113 cm³/mol. The van der Waals surface area contributed by atoms with Gasteiger partial charge in [-0.05, 0) is 37.2 Å². The molecule has 2 aromatic heterocycles. The van der Waals surface area contributed by atoms with Crippen molar-refractivity contribution in [3.63, 3.8) is 0 Å². The zero-order valence-electron chi connectivity index (χ0n) is 14.4. The number of piperidine rings is 1. The van der Waals surface area contributed by atoms with Crippen LogP contribution in [0, 0.1) is 3.95 Å². The van der Waals surface area contributed by atoms with Gasteiger partial charge in [0.15, 0.2) is 3.95 Å². The lowest BCUT2D eigenvalue weighted by Crippen LogP contribution is -2.35. The first-order valence-corrected chi connectivity index (χ1v) is 10.8. The maximum atomic E-state index is 5.51. The molecule has 0 unspecified atom stereocenters. The summed E-state index contributed by atoms with van der Waals surface area (Å²) >= 11 is 8.83. The number of nitrogens with one attached hydrogen (secondary N) is 1. The first-order chi connectivity index (χ1) is 12.7. The van der Waals surface area contributed by atoms with Crippen LogP contribution in [0.5, 0.6) is 0 Å². The minimum Gasteiger partial charge on any atom is -0.357 e. The van der Waals surface area contributed by atoms with Gasteiger partial charge in [-0.3, -0.25) is 4.90 Å². The molecular formula is C18H21N5S3. The van der Waals surface area contributed by atoms with Crippen molar-refractivity contribution in [3.8, 4) is 0 Å². The van der Waals surface area contributed by atoms with Crippen molar-refractivity contribution in [2.45, 2.75) is 32.0 Å². The van der Waals surface area contributed by atoms with E-state index in [0.717, 1.165) is 27.6 Å². The van der Waals surface area contributed by atoms with E-state index in [1.807, 2.05) is 22.1 Å². The molecule has 0 bridgehead atoms. The summed E-state index contributed by atoms with van der Waals surface area (Å²) in [6.07, 6.45) is 5.41. The van der Waals surface area contributed by atoms with E-state index >= 15 is 0 Å². The van der Waals surface area contributed by atoms with Crippen LogP contribution in [-0.2, 0) is 6.67 Å². The van der Waals surface area contributed by atoms with Gasteiger partial charge in [-0.25, -0.2) is 9.67 Å². The molecule has 0 aliphatic carbocycles. The molecule has 1 N–H and O–H groups in total. The number of aromatic nitrogens is 3. The van der Waals surface area contributed by atoms with Gasteiger partial charge in [0.25, 0.3) is 0 Å². The summed E-state index contributed by atoms with van der Waals surface area (Å²) in [7, 11) is 0. The van der Waals surface area contributed by atoms with Crippen LogP contribution < -0.4 is 5.32 Å². The number of hydrogen-bond donors (Lipinski definition) is 1. The molecule has 26 heavy (non-hydrogen) atoms. The smallest absolute Gasteiger partial charge is 0.204 e. The third-order valence-corrected chi connectivity index (χ3v) is 6.93. The van der Waals surface area contributed by atoms with Gasteiger partial charge in [-0.2, -0.15) is 0 Å². The normalized spacial score (nSPS) is 18.2. The number of likely N-dealkylation sites (tertiary alicyclic amines) is 1. The lowest BCUT2D eigenvalue weighted by molar-refractivity contribution is 0.104. The number of anilines is 1. The second-order valence-electron chi connectivity index (χ2n) is 6.33. The zero-order valence-corrected chi connectivity index (χ0v) is 16.9. The van der Waals surface area contributed by atoms with Crippen molar-refractivity contribution >= 4 is 50.2 Å². The summed E-state index contributed by atoms with van der Waals surface area (Å²) in [5.74, 6) is 0. The summed E-state index contributed by atoms with van der Waals surface area (Å²) in [5.41, 5.74) is 1.10. The Morgan fingerprint density at radius 2 is 2.19 bits per heavy atom. The van der Waals surface area contributed by atoms with Crippen molar-refractivity contribution in [2.75, 3.05) is 18.4 Å². The molecule has 0 amide bonds. The van der Waals surface area contributed by atoms with Crippen molar-refractivity contribution in [2.24, 2.45) is 0 Å². The molecule has 4 rings (SSSR count). The molecule has 8 heteroatoms. The Hall–Kier alpha value is -1.61. The van der Waals surface area contributed by atoms with E-state index in [2.05, 4.69) is 46.2 Å². The highest BCUT2D eigenvalue weighted by Crippen LogP contribution is 2.36. The molecule has 0 radical (unpaired) electrons. The SMILES string of the molecule is C=CCNc1nn(CN2CCCC[C@@H]2c2nc3ccccc3s2)c(=S)s1. The fourth-order valence-electron chi connectivity index (χ4n) is 3.27. The monoisotopic (exact) mass is 403 g/mol. The van der Waals surface area contributed by atoms with E-state index in [-0.39, 0.29) is 0 Å². The first-order valence-electron chi connectivity index (χ1n) is 8.77. The van der Waals surface area contributed by atoms with Gasteiger partial charge in [-0.15, -0.1) is 23.0 Å². The Morgan fingerprint density at radius 3 is 3.04 bits per heavy atom. The van der Waals surface area contributed by atoms with Crippen molar-refractivity contribution in [3.05, 3.63) is 45.9 Å². The van der Waals surface area contributed by atoms with Crippen LogP contribution in [0.2, 0.25) is 0 Å². The minimum absolute atomic E-state index is 0.342. The second-order valence-corrected chi connectivity index (χ2v) is 9.01. The maximum Gasteiger partial charge on any atom is 0.204 e. The Kier molecular flexibility index (Phi) is 5.44. The molecule has 3 heterocycles. The molecular weight excluding hydrogens is 382 g/mol. The molecule has 1 atom stereocenters. The molecule has 0 spiro atoms. The fourth-order valence-corrected chi connectivity index (χ4v) is 5.41. The Labute approximate surface area is 166 Å². The predicted octanol–water partition coefficient (Wildman–Crippen LogP) is 5.07. The number of thiazole rings is 1. The first kappa shape index (κ1) is 17.8. The third kappa shape index (κ3) is 3.73. The number of rotatable bonds is 6. The van der Waals surface area contributed by atoms with Crippen molar-refractivity contribution in [1.29, 1.82) is 0 Å². The lowest BCUT2D eigenvalue weighted by atomic mass is 10.0. The molecule has 1 saturated heterocycles. The number of benzene rings is 1. The van der Waals surface area contributed by atoms with E-state index in [1.165, 1.54) is 33.9 Å². The Morgan fingerprint density at radius 1 is 1.31 bits per heavy atom. The minimum atomic E-state index is 0.342. The van der Waals surface area contributed by atoms with Crippen LogP contribution in [-0.4, -0.2) is 32.8 Å². The van der Waals surface area contributed by atoms with E-state index in [9.17, 15) is 0 Å². The van der Waals surface area contributed by atoms with Gasteiger partial charge in [0, 0.05) is 13.1 Å². The molecule has 1 aliphatic heterocycles. The van der Waals surface area contributed by atoms with Crippen LogP contribution in [0.15, 0.2) is 36.9 Å². The Bertz CT molecular complexity index is 924. The molecule has 0 saturated carbocycles. The quantitative estimate of drug-likeness (QED) is 0.460. The molecule has 136 valence electrons. The number of hydrogen-bond acceptors (Lipinski definition) is 7. The summed E-state index contributed by atoms with van der Waals surface area (Å²) in [4.78, 5) is 7.36. The molecule has 1 aromatic carbocycles. The van der Waals surface area contributed by atoms with Crippen LogP contribution in [0.3, 0.4) is 0 Å². The highest BCUT2D eigenvalue weighted by molar-refractivity contribution is 7.73. The zero-order chi connectivity index (χ0) is 17.9. The van der Waals surface area contributed by atoms with E-state index in [4.69, 9.17) is 17.2 Å².